The third-order valence-electron chi connectivity index (χ3n) is 2.57. The van der Waals surface area contributed by atoms with Crippen molar-refractivity contribution in [1.29, 1.82) is 0 Å². The summed E-state index contributed by atoms with van der Waals surface area (Å²) in [6.45, 7) is 10.2. The monoisotopic (exact) mass is 306 g/mol. The van der Waals surface area contributed by atoms with Crippen molar-refractivity contribution in [3.05, 3.63) is 0 Å². The average molecular weight is 307 g/mol. The van der Waals surface area contributed by atoms with Crippen molar-refractivity contribution in [2.24, 2.45) is 5.92 Å². The first-order valence-electron chi connectivity index (χ1n) is 6.21. The molecular formula is C13H23BrO3. The molecule has 0 spiro atoms. The fourth-order valence-electron chi connectivity index (χ4n) is 1.93. The molecule has 0 amide bonds. The van der Waals surface area contributed by atoms with Gasteiger partial charge >= 0.3 is 5.97 Å². The van der Waals surface area contributed by atoms with Crippen LogP contribution in [0.1, 0.15) is 47.5 Å². The van der Waals surface area contributed by atoms with Gasteiger partial charge in [-0.15, -0.1) is 0 Å². The highest BCUT2D eigenvalue weighted by Gasteiger charge is 2.40. The third-order valence-corrected chi connectivity index (χ3v) is 3.54. The van der Waals surface area contributed by atoms with E-state index in [9.17, 15) is 4.79 Å². The summed E-state index contributed by atoms with van der Waals surface area (Å²) >= 11 is 3.61. The van der Waals surface area contributed by atoms with E-state index in [4.69, 9.17) is 9.47 Å². The molecular weight excluding hydrogens is 284 g/mol. The maximum Gasteiger partial charge on any atom is 0.335 e. The number of alkyl halides is 1. The van der Waals surface area contributed by atoms with Crippen LogP contribution in [-0.2, 0) is 14.3 Å². The van der Waals surface area contributed by atoms with Gasteiger partial charge in [-0.1, -0.05) is 29.8 Å². The largest absolute Gasteiger partial charge is 0.459 e. The Labute approximate surface area is 112 Å². The van der Waals surface area contributed by atoms with Crippen molar-refractivity contribution in [2.75, 3.05) is 0 Å². The summed E-state index contributed by atoms with van der Waals surface area (Å²) in [5, 5.41) is 0. The number of cyclic esters (lactones) is 1. The number of halogens is 1. The zero-order valence-electron chi connectivity index (χ0n) is 11.3. The summed E-state index contributed by atoms with van der Waals surface area (Å²) in [5.74, 6) is 0.360. The first kappa shape index (κ1) is 15.0. The van der Waals surface area contributed by atoms with Gasteiger partial charge in [0.15, 0.2) is 6.10 Å². The highest BCUT2D eigenvalue weighted by Crippen LogP contribution is 2.30. The highest BCUT2D eigenvalue weighted by atomic mass is 79.9. The number of hydrogen-bond acceptors (Lipinski definition) is 3. The minimum Gasteiger partial charge on any atom is -0.459 e. The van der Waals surface area contributed by atoms with Crippen molar-refractivity contribution in [1.82, 2.24) is 0 Å². The maximum absolute atomic E-state index is 11.7. The second-order valence-electron chi connectivity index (χ2n) is 6.08. The Balaban J connectivity index is 2.51. The predicted molar refractivity (Wildman–Crippen MR) is 71.3 cm³/mol. The normalized spacial score (nSPS) is 27.4. The summed E-state index contributed by atoms with van der Waals surface area (Å²) in [6, 6.07) is 0. The van der Waals surface area contributed by atoms with Crippen LogP contribution in [0.5, 0.6) is 0 Å². The van der Waals surface area contributed by atoms with Gasteiger partial charge in [0.1, 0.15) is 6.10 Å². The van der Waals surface area contributed by atoms with Gasteiger partial charge in [-0.2, -0.15) is 0 Å². The lowest BCUT2D eigenvalue weighted by atomic mass is 10.0. The van der Waals surface area contributed by atoms with Gasteiger partial charge in [0.25, 0.3) is 0 Å². The van der Waals surface area contributed by atoms with Crippen LogP contribution in [0.2, 0.25) is 0 Å². The number of ether oxygens (including phenoxy) is 2. The van der Waals surface area contributed by atoms with E-state index in [1.54, 1.807) is 0 Å². The Morgan fingerprint density at radius 3 is 2.53 bits per heavy atom. The molecule has 0 aromatic heterocycles. The first-order chi connectivity index (χ1) is 7.69. The minimum atomic E-state index is -0.410. The van der Waals surface area contributed by atoms with Crippen LogP contribution < -0.4 is 0 Å². The molecule has 3 atom stereocenters. The van der Waals surface area contributed by atoms with Crippen LogP contribution in [0, 0.1) is 5.92 Å². The van der Waals surface area contributed by atoms with Gasteiger partial charge in [0.2, 0.25) is 0 Å². The molecule has 1 rings (SSSR count). The van der Waals surface area contributed by atoms with E-state index in [2.05, 4.69) is 29.8 Å². The van der Waals surface area contributed by atoms with E-state index in [1.165, 1.54) is 0 Å². The number of carbonyl (C=O) groups excluding carboxylic acids is 1. The molecule has 17 heavy (non-hydrogen) atoms. The molecule has 0 aromatic carbocycles. The molecule has 100 valence electrons. The molecule has 1 aliphatic rings. The number of carbonyl (C=O) groups is 1. The molecule has 0 aromatic rings. The Morgan fingerprint density at radius 2 is 2.06 bits per heavy atom. The van der Waals surface area contributed by atoms with E-state index in [0.717, 1.165) is 6.42 Å². The molecule has 4 heteroatoms. The second kappa shape index (κ2) is 5.70. The topological polar surface area (TPSA) is 35.5 Å². The lowest BCUT2D eigenvalue weighted by Gasteiger charge is -2.22. The summed E-state index contributed by atoms with van der Waals surface area (Å²) in [4.78, 5) is 11.9. The van der Waals surface area contributed by atoms with Crippen molar-refractivity contribution >= 4 is 21.9 Å². The third kappa shape index (κ3) is 4.96. The molecule has 3 nitrogen and oxygen atoms in total. The summed E-state index contributed by atoms with van der Waals surface area (Å²) in [7, 11) is 0. The molecule has 0 aliphatic carbocycles. The van der Waals surface area contributed by atoms with Gasteiger partial charge in [-0.25, -0.2) is 4.79 Å². The molecule has 0 bridgehead atoms. The lowest BCUT2D eigenvalue weighted by molar-refractivity contribution is -0.156. The van der Waals surface area contributed by atoms with E-state index in [1.807, 2.05) is 20.8 Å². The van der Waals surface area contributed by atoms with Crippen molar-refractivity contribution in [2.45, 2.75) is 70.1 Å². The van der Waals surface area contributed by atoms with Gasteiger partial charge in [0.05, 0.1) is 10.4 Å². The quantitative estimate of drug-likeness (QED) is 0.590. The SMILES string of the molecule is CC(C)C[C@H](Br)[C@H]1C[C@H](OC(C)(C)C)C(=O)O1. The molecule has 0 radical (unpaired) electrons. The van der Waals surface area contributed by atoms with Crippen molar-refractivity contribution < 1.29 is 14.3 Å². The van der Waals surface area contributed by atoms with Crippen LogP contribution in [-0.4, -0.2) is 28.6 Å². The van der Waals surface area contributed by atoms with E-state index in [-0.39, 0.29) is 22.5 Å². The van der Waals surface area contributed by atoms with Crippen LogP contribution >= 0.6 is 15.9 Å². The smallest absolute Gasteiger partial charge is 0.335 e. The molecule has 0 saturated carbocycles. The van der Waals surface area contributed by atoms with Crippen molar-refractivity contribution in [3.63, 3.8) is 0 Å². The Hall–Kier alpha value is -0.0900. The molecule has 0 N–H and O–H groups in total. The van der Waals surface area contributed by atoms with Gasteiger partial charge in [-0.3, -0.25) is 0 Å². The lowest BCUT2D eigenvalue weighted by Crippen LogP contribution is -2.30. The van der Waals surface area contributed by atoms with Crippen LogP contribution in [0.15, 0.2) is 0 Å². The highest BCUT2D eigenvalue weighted by molar-refractivity contribution is 9.09. The average Bonchev–Trinajstić information content (AvgIpc) is 2.44. The Morgan fingerprint density at radius 1 is 1.47 bits per heavy atom. The minimum absolute atomic E-state index is 0.0581. The molecule has 1 heterocycles. The molecule has 1 aliphatic heterocycles. The predicted octanol–water partition coefficient (Wildman–Crippen LogP) is 3.30. The fraction of sp³-hybridized carbons (Fsp3) is 0.923. The van der Waals surface area contributed by atoms with E-state index >= 15 is 0 Å². The number of esters is 1. The standard InChI is InChI=1S/C13H23BrO3/c1-8(2)6-9(14)10-7-11(12(15)16-10)17-13(3,4)5/h8-11H,6-7H2,1-5H3/t9-,10+,11-/m0/s1. The number of rotatable bonds is 4. The molecule has 1 saturated heterocycles. The Kier molecular flexibility index (Phi) is 5.02. The van der Waals surface area contributed by atoms with E-state index in [0.29, 0.717) is 12.3 Å². The van der Waals surface area contributed by atoms with Crippen LogP contribution in [0.4, 0.5) is 0 Å². The van der Waals surface area contributed by atoms with Gasteiger partial charge < -0.3 is 9.47 Å². The first-order valence-corrected chi connectivity index (χ1v) is 7.13. The second-order valence-corrected chi connectivity index (χ2v) is 7.25. The van der Waals surface area contributed by atoms with Gasteiger partial charge in [-0.05, 0) is 33.1 Å². The number of hydrogen-bond donors (Lipinski definition) is 0. The summed E-state index contributed by atoms with van der Waals surface area (Å²) in [6.07, 6.45) is 1.18. The van der Waals surface area contributed by atoms with Gasteiger partial charge in [0, 0.05) is 6.42 Å². The Bertz CT molecular complexity index is 270. The van der Waals surface area contributed by atoms with Crippen molar-refractivity contribution in [3.8, 4) is 0 Å². The summed E-state index contributed by atoms with van der Waals surface area (Å²) < 4.78 is 11.1. The summed E-state index contributed by atoms with van der Waals surface area (Å²) in [5.41, 5.74) is -0.307. The van der Waals surface area contributed by atoms with Crippen LogP contribution in [0.3, 0.4) is 0 Å². The molecule has 0 unspecified atom stereocenters. The van der Waals surface area contributed by atoms with Crippen LogP contribution in [0.25, 0.3) is 0 Å². The zero-order chi connectivity index (χ0) is 13.2. The van der Waals surface area contributed by atoms with E-state index < -0.39 is 6.10 Å². The maximum atomic E-state index is 11.7. The molecule has 1 fully saturated rings. The zero-order valence-corrected chi connectivity index (χ0v) is 12.9. The fourth-order valence-corrected chi connectivity index (χ4v) is 3.00.